The Hall–Kier alpha value is -2.06. The zero-order chi connectivity index (χ0) is 19.0. The van der Waals surface area contributed by atoms with Gasteiger partial charge < -0.3 is 20.1 Å². The summed E-state index contributed by atoms with van der Waals surface area (Å²) in [6.07, 6.45) is 0.575. The van der Waals surface area contributed by atoms with Crippen molar-refractivity contribution in [2.24, 2.45) is 0 Å². The van der Waals surface area contributed by atoms with E-state index in [-0.39, 0.29) is 23.8 Å². The minimum atomic E-state index is -0.652. The van der Waals surface area contributed by atoms with Crippen LogP contribution in [0.1, 0.15) is 27.2 Å². The Morgan fingerprint density at radius 1 is 1.24 bits per heavy atom. The van der Waals surface area contributed by atoms with E-state index < -0.39 is 30.2 Å². The average molecular weight is 392 g/mol. The molecule has 0 radical (unpaired) electrons. The Kier molecular flexibility index (Phi) is 7.92. The third-order valence-electron chi connectivity index (χ3n) is 2.43. The summed E-state index contributed by atoms with van der Waals surface area (Å²) < 4.78 is 9.79. The first-order valence-corrected chi connectivity index (χ1v) is 8.06. The highest BCUT2D eigenvalue weighted by Crippen LogP contribution is 2.22. The van der Waals surface area contributed by atoms with Gasteiger partial charge in [-0.2, -0.15) is 0 Å². The molecule has 8 nitrogen and oxygen atoms in total. The molecule has 0 bridgehead atoms. The molecule has 10 heteroatoms. The van der Waals surface area contributed by atoms with Gasteiger partial charge in [-0.1, -0.05) is 23.2 Å². The maximum absolute atomic E-state index is 11.7. The van der Waals surface area contributed by atoms with E-state index in [1.807, 2.05) is 0 Å². The number of nitrogens with one attached hydrogen (secondary N) is 2. The molecule has 0 unspecified atom stereocenters. The predicted molar refractivity (Wildman–Crippen MR) is 92.7 cm³/mol. The van der Waals surface area contributed by atoms with Crippen molar-refractivity contribution in [2.45, 2.75) is 32.8 Å². The molecule has 0 aliphatic heterocycles. The Bertz CT molecular complexity index is 647. The summed E-state index contributed by atoms with van der Waals surface area (Å²) in [6.45, 7) is 4.69. The molecule has 1 aromatic rings. The number of esters is 1. The van der Waals surface area contributed by atoms with Crippen molar-refractivity contribution in [3.8, 4) is 0 Å². The summed E-state index contributed by atoms with van der Waals surface area (Å²) in [5, 5.41) is 5.28. The second-order valence-electron chi connectivity index (χ2n) is 5.87. The number of amides is 2. The highest BCUT2D eigenvalue weighted by atomic mass is 35.5. The lowest BCUT2D eigenvalue weighted by molar-refractivity contribution is -0.147. The molecule has 2 N–H and O–H groups in total. The molecule has 1 aromatic heterocycles. The van der Waals surface area contributed by atoms with Gasteiger partial charge in [0.2, 0.25) is 0 Å². The molecular weight excluding hydrogens is 373 g/mol. The molecule has 0 aliphatic rings. The summed E-state index contributed by atoms with van der Waals surface area (Å²) in [5.41, 5.74) is -0.625. The van der Waals surface area contributed by atoms with Gasteiger partial charge in [0.05, 0.1) is 16.5 Å². The van der Waals surface area contributed by atoms with Crippen molar-refractivity contribution >= 4 is 47.0 Å². The molecule has 0 saturated carbocycles. The molecule has 0 saturated heterocycles. The van der Waals surface area contributed by atoms with Crippen LogP contribution in [-0.2, 0) is 19.1 Å². The van der Waals surface area contributed by atoms with Crippen LogP contribution in [0.25, 0.3) is 0 Å². The van der Waals surface area contributed by atoms with E-state index in [1.54, 1.807) is 20.8 Å². The summed E-state index contributed by atoms with van der Waals surface area (Å²) in [4.78, 5) is 38.4. The standard InChI is InChI=1S/C15H19Cl2N3O5/c1-15(2,3)25-14(23)18-5-4-12(22)24-8-11(21)20-13-10(17)6-9(16)7-19-13/h6-7H,4-5,8H2,1-3H3,(H,18,23)(H,19,20,21). The van der Waals surface area contributed by atoms with E-state index in [9.17, 15) is 14.4 Å². The molecule has 0 aliphatic carbocycles. The van der Waals surface area contributed by atoms with Crippen molar-refractivity contribution in [1.29, 1.82) is 0 Å². The first kappa shape index (κ1) is 21.0. The van der Waals surface area contributed by atoms with Crippen LogP contribution in [-0.4, -0.2) is 41.7 Å². The van der Waals surface area contributed by atoms with Crippen LogP contribution in [0.4, 0.5) is 10.6 Å². The van der Waals surface area contributed by atoms with Crippen molar-refractivity contribution in [1.82, 2.24) is 10.3 Å². The fourth-order valence-electron chi connectivity index (χ4n) is 1.47. The molecular formula is C15H19Cl2N3O5. The number of hydrogen-bond acceptors (Lipinski definition) is 6. The number of alkyl carbamates (subject to hydrolysis) is 1. The van der Waals surface area contributed by atoms with Gasteiger partial charge in [0.15, 0.2) is 12.4 Å². The number of carbonyl (C=O) groups is 3. The van der Waals surface area contributed by atoms with Crippen LogP contribution in [0.3, 0.4) is 0 Å². The normalized spacial score (nSPS) is 10.8. The highest BCUT2D eigenvalue weighted by Gasteiger charge is 2.16. The van der Waals surface area contributed by atoms with Crippen LogP contribution in [0.2, 0.25) is 10.0 Å². The number of hydrogen-bond donors (Lipinski definition) is 2. The lowest BCUT2D eigenvalue weighted by Crippen LogP contribution is -2.34. The largest absolute Gasteiger partial charge is 0.456 e. The average Bonchev–Trinajstić information content (AvgIpc) is 2.46. The second kappa shape index (κ2) is 9.43. The lowest BCUT2D eigenvalue weighted by Gasteiger charge is -2.19. The van der Waals surface area contributed by atoms with Crippen LogP contribution in [0, 0.1) is 0 Å². The number of aromatic nitrogens is 1. The number of halogens is 2. The predicted octanol–water partition coefficient (Wildman–Crippen LogP) is 2.78. The number of anilines is 1. The molecule has 138 valence electrons. The molecule has 2 amide bonds. The van der Waals surface area contributed by atoms with Crippen LogP contribution < -0.4 is 10.6 Å². The number of carbonyl (C=O) groups excluding carboxylic acids is 3. The Balaban J connectivity index is 2.27. The minimum absolute atomic E-state index is 0.0277. The Morgan fingerprint density at radius 3 is 2.52 bits per heavy atom. The molecule has 0 spiro atoms. The first-order chi connectivity index (χ1) is 11.6. The number of ether oxygens (including phenoxy) is 2. The highest BCUT2D eigenvalue weighted by molar-refractivity contribution is 6.36. The second-order valence-corrected chi connectivity index (χ2v) is 6.72. The van der Waals surface area contributed by atoms with Crippen LogP contribution >= 0.6 is 23.2 Å². The number of rotatable bonds is 6. The Labute approximate surface area is 155 Å². The van der Waals surface area contributed by atoms with E-state index in [1.165, 1.54) is 12.3 Å². The fourth-order valence-corrected chi connectivity index (χ4v) is 1.90. The topological polar surface area (TPSA) is 107 Å². The van der Waals surface area contributed by atoms with E-state index in [0.717, 1.165) is 0 Å². The van der Waals surface area contributed by atoms with Gasteiger partial charge in [0.25, 0.3) is 5.91 Å². The van der Waals surface area contributed by atoms with Gasteiger partial charge >= 0.3 is 12.1 Å². The van der Waals surface area contributed by atoms with E-state index in [4.69, 9.17) is 32.7 Å². The Morgan fingerprint density at radius 2 is 1.92 bits per heavy atom. The quantitative estimate of drug-likeness (QED) is 0.721. The molecule has 0 aromatic carbocycles. The third kappa shape index (κ3) is 9.11. The molecule has 1 heterocycles. The van der Waals surface area contributed by atoms with Gasteiger partial charge in [-0.3, -0.25) is 9.59 Å². The van der Waals surface area contributed by atoms with Crippen molar-refractivity contribution in [3.05, 3.63) is 22.3 Å². The first-order valence-electron chi connectivity index (χ1n) is 7.30. The van der Waals surface area contributed by atoms with Crippen molar-refractivity contribution < 1.29 is 23.9 Å². The van der Waals surface area contributed by atoms with Gasteiger partial charge in [-0.25, -0.2) is 9.78 Å². The number of nitrogens with zero attached hydrogens (tertiary/aromatic N) is 1. The van der Waals surface area contributed by atoms with Crippen molar-refractivity contribution in [2.75, 3.05) is 18.5 Å². The van der Waals surface area contributed by atoms with E-state index in [0.29, 0.717) is 5.02 Å². The summed E-state index contributed by atoms with van der Waals surface area (Å²) >= 11 is 11.6. The van der Waals surface area contributed by atoms with E-state index in [2.05, 4.69) is 15.6 Å². The summed E-state index contributed by atoms with van der Waals surface area (Å²) in [6, 6.07) is 1.42. The molecule has 25 heavy (non-hydrogen) atoms. The van der Waals surface area contributed by atoms with Gasteiger partial charge in [0, 0.05) is 12.7 Å². The van der Waals surface area contributed by atoms with Gasteiger partial charge in [-0.15, -0.1) is 0 Å². The maximum atomic E-state index is 11.7. The van der Waals surface area contributed by atoms with Gasteiger partial charge in [0.1, 0.15) is 5.60 Å². The van der Waals surface area contributed by atoms with Crippen molar-refractivity contribution in [3.63, 3.8) is 0 Å². The summed E-state index contributed by atoms with van der Waals surface area (Å²) in [5.74, 6) is -1.15. The van der Waals surface area contributed by atoms with Crippen LogP contribution in [0.15, 0.2) is 12.3 Å². The maximum Gasteiger partial charge on any atom is 0.407 e. The van der Waals surface area contributed by atoms with Gasteiger partial charge in [-0.05, 0) is 26.8 Å². The van der Waals surface area contributed by atoms with Crippen LogP contribution in [0.5, 0.6) is 0 Å². The lowest BCUT2D eigenvalue weighted by atomic mass is 10.2. The smallest absolute Gasteiger partial charge is 0.407 e. The summed E-state index contributed by atoms with van der Waals surface area (Å²) in [7, 11) is 0. The minimum Gasteiger partial charge on any atom is -0.456 e. The zero-order valence-corrected chi connectivity index (χ0v) is 15.5. The van der Waals surface area contributed by atoms with E-state index >= 15 is 0 Å². The SMILES string of the molecule is CC(C)(C)OC(=O)NCCC(=O)OCC(=O)Nc1ncc(Cl)cc1Cl. The number of pyridine rings is 1. The molecule has 0 fully saturated rings. The monoisotopic (exact) mass is 391 g/mol. The third-order valence-corrected chi connectivity index (χ3v) is 2.92. The molecule has 1 rings (SSSR count). The fraction of sp³-hybridized carbons (Fsp3) is 0.467. The molecule has 0 atom stereocenters. The zero-order valence-electron chi connectivity index (χ0n) is 14.0.